The van der Waals surface area contributed by atoms with E-state index < -0.39 is 5.97 Å². The molecular formula is C34H36O6. The van der Waals surface area contributed by atoms with Gasteiger partial charge >= 0.3 is 5.97 Å². The normalized spacial score (nSPS) is 10.7. The lowest BCUT2D eigenvalue weighted by Crippen LogP contribution is -2.08. The molecule has 0 amide bonds. The number of rotatable bonds is 13. The number of para-hydroxylation sites is 1. The van der Waals surface area contributed by atoms with Crippen molar-refractivity contribution in [2.45, 2.75) is 39.5 Å². The molecule has 0 saturated heterocycles. The summed E-state index contributed by atoms with van der Waals surface area (Å²) in [4.78, 5) is 12.2. The van der Waals surface area contributed by atoms with Crippen molar-refractivity contribution >= 4 is 5.97 Å². The Hall–Kier alpha value is -4.45. The van der Waals surface area contributed by atoms with Gasteiger partial charge in [0.15, 0.2) is 0 Å². The number of phenols is 1. The average Bonchev–Trinajstić information content (AvgIpc) is 2.99. The van der Waals surface area contributed by atoms with Crippen LogP contribution in [0.4, 0.5) is 0 Å². The maximum Gasteiger partial charge on any atom is 0.341 e. The Morgan fingerprint density at radius 1 is 0.775 bits per heavy atom. The van der Waals surface area contributed by atoms with Gasteiger partial charge in [0.25, 0.3) is 0 Å². The third kappa shape index (κ3) is 6.94. The fourth-order valence-corrected chi connectivity index (χ4v) is 4.52. The lowest BCUT2D eigenvalue weighted by Gasteiger charge is -2.17. The standard InChI is InChI=1S/C34H36O6/c1-4-13-26-30(18-11-19-31(26)40-32-17-10-9-16-27(32)34(36)37-3)38-20-12-21-39-33-23-29(35)28(22-24(33)5-2)25-14-7-6-8-15-25/h6-11,14-19,22-23,35H,4-5,12-13,20-21H2,1-3H3. The SMILES string of the molecule is CCCc1c(OCCCOc2cc(O)c(-c3ccccc3)cc2CC)cccc1Oc1ccccc1C(=O)OC. The zero-order chi connectivity index (χ0) is 28.3. The summed E-state index contributed by atoms with van der Waals surface area (Å²) >= 11 is 0. The van der Waals surface area contributed by atoms with Crippen LogP contribution >= 0.6 is 0 Å². The molecule has 0 radical (unpaired) electrons. The number of aromatic hydroxyl groups is 1. The second-order valence-electron chi connectivity index (χ2n) is 9.32. The number of hydrogen-bond acceptors (Lipinski definition) is 6. The fraction of sp³-hybridized carbons (Fsp3) is 0.265. The van der Waals surface area contributed by atoms with Crippen LogP contribution in [-0.2, 0) is 17.6 Å². The number of benzene rings is 4. The first-order valence-corrected chi connectivity index (χ1v) is 13.7. The summed E-state index contributed by atoms with van der Waals surface area (Å²) < 4.78 is 23.3. The molecule has 0 aliphatic rings. The van der Waals surface area contributed by atoms with Crippen LogP contribution in [0.1, 0.15) is 48.2 Å². The highest BCUT2D eigenvalue weighted by atomic mass is 16.5. The average molecular weight is 541 g/mol. The molecule has 4 aromatic rings. The van der Waals surface area contributed by atoms with Crippen molar-refractivity contribution in [2.24, 2.45) is 0 Å². The van der Waals surface area contributed by atoms with Gasteiger partial charge in [-0.3, -0.25) is 0 Å². The van der Waals surface area contributed by atoms with Gasteiger partial charge < -0.3 is 24.1 Å². The van der Waals surface area contributed by atoms with Crippen LogP contribution in [0.3, 0.4) is 0 Å². The molecular weight excluding hydrogens is 504 g/mol. The lowest BCUT2D eigenvalue weighted by atomic mass is 10.00. The zero-order valence-electron chi connectivity index (χ0n) is 23.3. The molecule has 0 fully saturated rings. The monoisotopic (exact) mass is 540 g/mol. The summed E-state index contributed by atoms with van der Waals surface area (Å²) in [5, 5.41) is 10.6. The number of ether oxygens (including phenoxy) is 4. The molecule has 208 valence electrons. The van der Waals surface area contributed by atoms with Gasteiger partial charge in [0.1, 0.15) is 34.3 Å². The van der Waals surface area contributed by atoms with Crippen LogP contribution in [-0.4, -0.2) is 31.4 Å². The van der Waals surface area contributed by atoms with Crippen LogP contribution in [0.5, 0.6) is 28.7 Å². The summed E-state index contributed by atoms with van der Waals surface area (Å²) in [5.41, 5.74) is 4.12. The minimum Gasteiger partial charge on any atom is -0.507 e. The van der Waals surface area contributed by atoms with Crippen molar-refractivity contribution in [1.29, 1.82) is 0 Å². The summed E-state index contributed by atoms with van der Waals surface area (Å²) in [5.74, 6) is 2.26. The largest absolute Gasteiger partial charge is 0.507 e. The highest BCUT2D eigenvalue weighted by Crippen LogP contribution is 2.37. The van der Waals surface area contributed by atoms with Gasteiger partial charge in [-0.1, -0.05) is 68.8 Å². The van der Waals surface area contributed by atoms with E-state index in [1.165, 1.54) is 7.11 Å². The Balaban J connectivity index is 1.40. The molecule has 4 rings (SSSR count). The van der Waals surface area contributed by atoms with Crippen molar-refractivity contribution in [1.82, 2.24) is 0 Å². The lowest BCUT2D eigenvalue weighted by molar-refractivity contribution is 0.0598. The van der Waals surface area contributed by atoms with E-state index in [1.807, 2.05) is 60.7 Å². The molecule has 0 unspecified atom stereocenters. The van der Waals surface area contributed by atoms with Crippen LogP contribution < -0.4 is 14.2 Å². The Morgan fingerprint density at radius 3 is 2.17 bits per heavy atom. The van der Waals surface area contributed by atoms with Crippen molar-refractivity contribution in [3.63, 3.8) is 0 Å². The van der Waals surface area contributed by atoms with Gasteiger partial charge in [0, 0.05) is 23.6 Å². The predicted molar refractivity (Wildman–Crippen MR) is 157 cm³/mol. The summed E-state index contributed by atoms with van der Waals surface area (Å²) in [6.07, 6.45) is 3.11. The van der Waals surface area contributed by atoms with Crippen LogP contribution in [0.15, 0.2) is 84.9 Å². The third-order valence-electron chi connectivity index (χ3n) is 6.55. The van der Waals surface area contributed by atoms with E-state index in [2.05, 4.69) is 13.8 Å². The van der Waals surface area contributed by atoms with Crippen molar-refractivity contribution in [3.05, 3.63) is 102 Å². The predicted octanol–water partition coefficient (Wildman–Crippen LogP) is 8.00. The highest BCUT2D eigenvalue weighted by Gasteiger charge is 2.17. The molecule has 4 aromatic carbocycles. The molecule has 0 heterocycles. The second kappa shape index (κ2) is 14.1. The number of carbonyl (C=O) groups excluding carboxylic acids is 1. The number of hydrogen-bond donors (Lipinski definition) is 1. The van der Waals surface area contributed by atoms with Gasteiger partial charge in [0.05, 0.1) is 20.3 Å². The smallest absolute Gasteiger partial charge is 0.341 e. The summed E-state index contributed by atoms with van der Waals surface area (Å²) in [6, 6.07) is 26.3. The maximum absolute atomic E-state index is 12.2. The van der Waals surface area contributed by atoms with Gasteiger partial charge in [0.2, 0.25) is 0 Å². The van der Waals surface area contributed by atoms with Crippen LogP contribution in [0, 0.1) is 0 Å². The van der Waals surface area contributed by atoms with E-state index in [0.717, 1.165) is 47.3 Å². The number of methoxy groups -OCH3 is 1. The topological polar surface area (TPSA) is 74.2 Å². The van der Waals surface area contributed by atoms with Crippen LogP contribution in [0.2, 0.25) is 0 Å². The van der Waals surface area contributed by atoms with Gasteiger partial charge in [-0.25, -0.2) is 4.79 Å². The molecule has 1 N–H and O–H groups in total. The first kappa shape index (κ1) is 28.6. The number of carbonyl (C=O) groups is 1. The molecule has 0 atom stereocenters. The van der Waals surface area contributed by atoms with Crippen molar-refractivity contribution in [3.8, 4) is 39.9 Å². The van der Waals surface area contributed by atoms with E-state index in [4.69, 9.17) is 18.9 Å². The van der Waals surface area contributed by atoms with E-state index in [1.54, 1.807) is 24.3 Å². The summed E-state index contributed by atoms with van der Waals surface area (Å²) in [7, 11) is 1.35. The minimum atomic E-state index is -0.450. The molecule has 0 aliphatic carbocycles. The van der Waals surface area contributed by atoms with Gasteiger partial charge in [-0.05, 0) is 54.3 Å². The van der Waals surface area contributed by atoms with Crippen molar-refractivity contribution in [2.75, 3.05) is 20.3 Å². The van der Waals surface area contributed by atoms with E-state index in [-0.39, 0.29) is 5.75 Å². The van der Waals surface area contributed by atoms with Crippen LogP contribution in [0.25, 0.3) is 11.1 Å². The van der Waals surface area contributed by atoms with E-state index in [0.29, 0.717) is 42.4 Å². The Bertz CT molecular complexity index is 1410. The number of aryl methyl sites for hydroxylation is 1. The zero-order valence-corrected chi connectivity index (χ0v) is 23.3. The highest BCUT2D eigenvalue weighted by molar-refractivity contribution is 5.92. The molecule has 0 bridgehead atoms. The first-order valence-electron chi connectivity index (χ1n) is 13.7. The third-order valence-corrected chi connectivity index (χ3v) is 6.55. The molecule has 0 aliphatic heterocycles. The number of phenolic OH excluding ortho intramolecular Hbond substituents is 1. The number of esters is 1. The molecule has 0 spiro atoms. The first-order chi connectivity index (χ1) is 19.5. The minimum absolute atomic E-state index is 0.199. The van der Waals surface area contributed by atoms with Gasteiger partial charge in [-0.15, -0.1) is 0 Å². The quantitative estimate of drug-likeness (QED) is 0.137. The van der Waals surface area contributed by atoms with Crippen molar-refractivity contribution < 1.29 is 28.8 Å². The molecule has 6 nitrogen and oxygen atoms in total. The fourth-order valence-electron chi connectivity index (χ4n) is 4.52. The molecule has 6 heteroatoms. The maximum atomic E-state index is 12.2. The van der Waals surface area contributed by atoms with E-state index in [9.17, 15) is 9.90 Å². The molecule has 0 aromatic heterocycles. The molecule has 40 heavy (non-hydrogen) atoms. The Labute approximate surface area is 236 Å². The Morgan fingerprint density at radius 2 is 1.45 bits per heavy atom. The second-order valence-corrected chi connectivity index (χ2v) is 9.32. The Kier molecular flexibility index (Phi) is 10.1. The molecule has 0 saturated carbocycles. The van der Waals surface area contributed by atoms with Gasteiger partial charge in [-0.2, -0.15) is 0 Å². The summed E-state index contributed by atoms with van der Waals surface area (Å²) in [6.45, 7) is 5.07. The van der Waals surface area contributed by atoms with E-state index >= 15 is 0 Å².